The maximum absolute atomic E-state index is 5.48. The molecule has 0 atom stereocenters. The van der Waals surface area contributed by atoms with E-state index in [9.17, 15) is 0 Å². The second-order valence-electron chi connectivity index (χ2n) is 3.66. The van der Waals surface area contributed by atoms with Gasteiger partial charge in [0.05, 0.1) is 7.17 Å². The lowest BCUT2D eigenvalue weighted by molar-refractivity contribution is 0.185. The van der Waals surface area contributed by atoms with E-state index in [0.717, 1.165) is 0 Å². The molecule has 11 heavy (non-hydrogen) atoms. The van der Waals surface area contributed by atoms with Crippen LogP contribution in [-0.4, -0.2) is 38.9 Å². The van der Waals surface area contributed by atoms with E-state index in [0.29, 0.717) is 11.9 Å². The zero-order valence-electron chi connectivity index (χ0n) is 7.59. The Morgan fingerprint density at radius 3 is 2.27 bits per heavy atom. The average Bonchev–Trinajstić information content (AvgIpc) is 2.05. The molecule has 1 saturated heterocycles. The van der Waals surface area contributed by atoms with Crippen molar-refractivity contribution in [2.24, 2.45) is 0 Å². The van der Waals surface area contributed by atoms with Crippen LogP contribution in [0.2, 0.25) is 5.82 Å². The van der Waals surface area contributed by atoms with Crippen molar-refractivity contribution >= 4 is 14.9 Å². The van der Waals surface area contributed by atoms with Crippen molar-refractivity contribution in [3.05, 3.63) is 0 Å². The summed E-state index contributed by atoms with van der Waals surface area (Å²) in [6.07, 6.45) is 2.49. The molecule has 0 saturated carbocycles. The van der Waals surface area contributed by atoms with Gasteiger partial charge in [0.1, 0.15) is 0 Å². The smallest absolute Gasteiger partial charge is 0.0588 e. The molecule has 1 rings (SSSR count). The molecule has 0 spiro atoms. The molecule has 1 aliphatic heterocycles. The molecule has 1 fully saturated rings. The predicted octanol–water partition coefficient (Wildman–Crippen LogP) is 1.07. The summed E-state index contributed by atoms with van der Waals surface area (Å²) in [6, 6.07) is 0.703. The molecule has 0 amide bonds. The van der Waals surface area contributed by atoms with Crippen molar-refractivity contribution in [1.29, 1.82) is 0 Å². The summed E-state index contributed by atoms with van der Waals surface area (Å²) in [7, 11) is 7.34. The van der Waals surface area contributed by atoms with Crippen LogP contribution in [-0.2, 0) is 0 Å². The lowest BCUT2D eigenvalue weighted by Crippen LogP contribution is -2.38. The van der Waals surface area contributed by atoms with E-state index in [2.05, 4.69) is 18.7 Å². The minimum atomic E-state index is 0.671. The molecule has 3 radical (unpaired) electrons. The van der Waals surface area contributed by atoms with Gasteiger partial charge in [-0.1, -0.05) is 5.82 Å². The Kier molecular flexibility index (Phi) is 3.50. The van der Waals surface area contributed by atoms with E-state index in [1.165, 1.54) is 25.9 Å². The quantitative estimate of drug-likeness (QED) is 0.529. The first-order valence-corrected chi connectivity index (χ1v) is 4.53. The number of hydrogen-bond donors (Lipinski definition) is 0. The van der Waals surface area contributed by atoms with Crippen molar-refractivity contribution in [1.82, 2.24) is 4.90 Å². The lowest BCUT2D eigenvalue weighted by atomic mass is 9.45. The Morgan fingerprint density at radius 1 is 1.36 bits per heavy atom. The number of rotatable bonds is 2. The van der Waals surface area contributed by atoms with Gasteiger partial charge in [0.2, 0.25) is 0 Å². The molecule has 1 heterocycles. The van der Waals surface area contributed by atoms with Crippen LogP contribution in [0.15, 0.2) is 0 Å². The number of piperidine rings is 1. The van der Waals surface area contributed by atoms with Crippen LogP contribution in [0.5, 0.6) is 0 Å². The van der Waals surface area contributed by atoms with Crippen molar-refractivity contribution < 1.29 is 0 Å². The van der Waals surface area contributed by atoms with E-state index >= 15 is 0 Å². The zero-order chi connectivity index (χ0) is 8.27. The molecule has 1 aliphatic rings. The fourth-order valence-electron chi connectivity index (χ4n) is 1.63. The normalized spacial score (nSPS) is 22.5. The Hall–Kier alpha value is 0.0899. The van der Waals surface area contributed by atoms with Crippen molar-refractivity contribution in [2.75, 3.05) is 13.1 Å². The number of nitrogens with zero attached hydrogens (tertiary/aromatic N) is 1. The molecule has 0 unspecified atom stereocenters. The van der Waals surface area contributed by atoms with Crippen LogP contribution >= 0.6 is 0 Å². The zero-order valence-corrected chi connectivity index (χ0v) is 7.59. The minimum absolute atomic E-state index is 0.671. The van der Waals surface area contributed by atoms with Gasteiger partial charge in [-0.3, -0.25) is 0 Å². The first-order chi connectivity index (χ1) is 5.24. The summed E-state index contributed by atoms with van der Waals surface area (Å²) in [5, 5.41) is 0. The van der Waals surface area contributed by atoms with Crippen LogP contribution in [0, 0.1) is 0 Å². The largest absolute Gasteiger partial charge is 0.301 e. The van der Waals surface area contributed by atoms with Gasteiger partial charge in [-0.05, 0) is 39.8 Å². The first kappa shape index (κ1) is 9.18. The first-order valence-electron chi connectivity index (χ1n) is 4.53. The molecule has 0 aliphatic carbocycles. The van der Waals surface area contributed by atoms with Gasteiger partial charge in [0, 0.05) is 13.8 Å². The molecule has 0 aromatic heterocycles. The van der Waals surface area contributed by atoms with Crippen molar-refractivity contribution in [2.45, 2.75) is 38.5 Å². The van der Waals surface area contributed by atoms with Crippen LogP contribution < -0.4 is 0 Å². The third-order valence-corrected chi connectivity index (χ3v) is 2.58. The lowest BCUT2D eigenvalue weighted by Gasteiger charge is -2.34. The highest BCUT2D eigenvalue weighted by molar-refractivity contribution is 6.90. The summed E-state index contributed by atoms with van der Waals surface area (Å²) in [5.41, 5.74) is 0. The van der Waals surface area contributed by atoms with E-state index in [1.54, 1.807) is 0 Å². The third kappa shape index (κ3) is 2.55. The van der Waals surface area contributed by atoms with E-state index in [1.807, 2.05) is 7.17 Å². The highest BCUT2D eigenvalue weighted by Crippen LogP contribution is 2.21. The standard InChI is InChI=1S/C8H16B2N/c1-7(2)11-5-3-8(10-9)4-6-11/h7-8H,3-6H2,1-2H3. The Labute approximate surface area is 72.2 Å². The van der Waals surface area contributed by atoms with Crippen molar-refractivity contribution in [3.63, 3.8) is 0 Å². The molecule has 0 aromatic carbocycles. The number of likely N-dealkylation sites (tertiary alicyclic amines) is 1. The van der Waals surface area contributed by atoms with E-state index in [-0.39, 0.29) is 0 Å². The average molecular weight is 148 g/mol. The van der Waals surface area contributed by atoms with Crippen LogP contribution in [0.25, 0.3) is 0 Å². The van der Waals surface area contributed by atoms with Gasteiger partial charge < -0.3 is 4.90 Å². The molecule has 0 N–H and O–H groups in total. The van der Waals surface area contributed by atoms with Gasteiger partial charge in [-0.2, -0.15) is 0 Å². The molecule has 59 valence electrons. The van der Waals surface area contributed by atoms with Gasteiger partial charge >= 0.3 is 0 Å². The van der Waals surface area contributed by atoms with Crippen LogP contribution in [0.1, 0.15) is 26.7 Å². The molecular weight excluding hydrogens is 132 g/mol. The maximum Gasteiger partial charge on any atom is 0.0588 e. The monoisotopic (exact) mass is 148 g/mol. The van der Waals surface area contributed by atoms with E-state index in [4.69, 9.17) is 7.74 Å². The summed E-state index contributed by atoms with van der Waals surface area (Å²) in [6.45, 7) is 6.95. The van der Waals surface area contributed by atoms with Gasteiger partial charge in [0.25, 0.3) is 0 Å². The summed E-state index contributed by atoms with van der Waals surface area (Å²) in [4.78, 5) is 2.51. The molecule has 0 aromatic rings. The summed E-state index contributed by atoms with van der Waals surface area (Å²) < 4.78 is 0. The van der Waals surface area contributed by atoms with Gasteiger partial charge in [-0.15, -0.1) is 0 Å². The topological polar surface area (TPSA) is 3.24 Å². The highest BCUT2D eigenvalue weighted by Gasteiger charge is 2.18. The van der Waals surface area contributed by atoms with E-state index < -0.39 is 0 Å². The number of hydrogen-bond acceptors (Lipinski definition) is 1. The molecule has 0 bridgehead atoms. The SMILES string of the molecule is [B][B]C1CCN(C(C)C)CC1. The fourth-order valence-corrected chi connectivity index (χ4v) is 1.63. The molecular formula is C8H16B2N. The third-order valence-electron chi connectivity index (χ3n) is 2.58. The van der Waals surface area contributed by atoms with Gasteiger partial charge in [-0.25, -0.2) is 0 Å². The molecule has 1 nitrogen and oxygen atoms in total. The van der Waals surface area contributed by atoms with Gasteiger partial charge in [0.15, 0.2) is 0 Å². The Morgan fingerprint density at radius 2 is 1.91 bits per heavy atom. The highest BCUT2D eigenvalue weighted by atomic mass is 15.1. The van der Waals surface area contributed by atoms with Crippen molar-refractivity contribution in [3.8, 4) is 0 Å². The predicted molar refractivity (Wildman–Crippen MR) is 51.2 cm³/mol. The Bertz CT molecular complexity index is 109. The molecule has 3 heteroatoms. The second kappa shape index (κ2) is 4.20. The summed E-state index contributed by atoms with van der Waals surface area (Å²) >= 11 is 0. The Balaban J connectivity index is 2.24. The summed E-state index contributed by atoms with van der Waals surface area (Å²) in [5.74, 6) is 0.671. The second-order valence-corrected chi connectivity index (χ2v) is 3.66. The van der Waals surface area contributed by atoms with Crippen LogP contribution in [0.3, 0.4) is 0 Å². The fraction of sp³-hybridized carbons (Fsp3) is 1.00. The maximum atomic E-state index is 5.48. The van der Waals surface area contributed by atoms with Crippen LogP contribution in [0.4, 0.5) is 0 Å². The minimum Gasteiger partial charge on any atom is -0.301 e.